The fourth-order valence-electron chi connectivity index (χ4n) is 1.90. The molecule has 0 aliphatic rings. The molecule has 2 N–H and O–H groups in total. The van der Waals surface area contributed by atoms with Crippen molar-refractivity contribution in [3.8, 4) is 5.82 Å². The third kappa shape index (κ3) is 1.63. The summed E-state index contributed by atoms with van der Waals surface area (Å²) in [6.45, 7) is 2.02. The molecule has 3 rings (SSSR count). The molecule has 0 aliphatic carbocycles. The molecule has 3 aromatic rings. The molecule has 2 heterocycles. The highest BCUT2D eigenvalue weighted by Crippen LogP contribution is 2.18. The fraction of sp³-hybridized carbons (Fsp3) is 0.0769. The van der Waals surface area contributed by atoms with Crippen molar-refractivity contribution in [2.45, 2.75) is 6.92 Å². The maximum atomic E-state index is 5.62. The molecule has 2 aromatic heterocycles. The second kappa shape index (κ2) is 3.59. The Morgan fingerprint density at radius 2 is 2.00 bits per heavy atom. The highest BCUT2D eigenvalue weighted by molar-refractivity contribution is 5.80. The van der Waals surface area contributed by atoms with Crippen molar-refractivity contribution in [2.24, 2.45) is 0 Å². The molecule has 0 aliphatic heterocycles. The number of fused-ring (bicyclic) bond motifs is 1. The number of nitrogens with zero attached hydrogens (tertiary/aromatic N) is 3. The Balaban J connectivity index is 2.26. The largest absolute Gasteiger partial charge is 0.382 e. The van der Waals surface area contributed by atoms with Crippen LogP contribution in [0.15, 0.2) is 42.6 Å². The van der Waals surface area contributed by atoms with Crippen molar-refractivity contribution in [1.82, 2.24) is 14.8 Å². The molecule has 0 spiro atoms. The smallest absolute Gasteiger partial charge is 0.156 e. The summed E-state index contributed by atoms with van der Waals surface area (Å²) < 4.78 is 1.71. The maximum absolute atomic E-state index is 5.62. The summed E-state index contributed by atoms with van der Waals surface area (Å²) in [4.78, 5) is 4.60. The SMILES string of the molecule is Cc1cc2ccccc2nc1-n1ccc(N)n1. The van der Waals surface area contributed by atoms with Gasteiger partial charge in [-0.2, -0.15) is 0 Å². The van der Waals surface area contributed by atoms with Crippen LogP contribution in [0, 0.1) is 6.92 Å². The lowest BCUT2D eigenvalue weighted by molar-refractivity contribution is 0.849. The van der Waals surface area contributed by atoms with Crippen LogP contribution in [0.2, 0.25) is 0 Å². The molecule has 0 fully saturated rings. The lowest BCUT2D eigenvalue weighted by Gasteiger charge is -2.06. The van der Waals surface area contributed by atoms with Crippen molar-refractivity contribution in [1.29, 1.82) is 0 Å². The van der Waals surface area contributed by atoms with E-state index in [0.717, 1.165) is 22.3 Å². The fourth-order valence-corrected chi connectivity index (χ4v) is 1.90. The van der Waals surface area contributed by atoms with Gasteiger partial charge in [-0.05, 0) is 24.6 Å². The van der Waals surface area contributed by atoms with E-state index in [1.165, 1.54) is 0 Å². The maximum Gasteiger partial charge on any atom is 0.156 e. The minimum atomic E-state index is 0.499. The van der Waals surface area contributed by atoms with Crippen LogP contribution >= 0.6 is 0 Å². The molecule has 0 radical (unpaired) electrons. The van der Waals surface area contributed by atoms with E-state index in [9.17, 15) is 0 Å². The van der Waals surface area contributed by atoms with Gasteiger partial charge < -0.3 is 5.73 Å². The van der Waals surface area contributed by atoms with Gasteiger partial charge in [0.2, 0.25) is 0 Å². The first kappa shape index (κ1) is 9.84. The van der Waals surface area contributed by atoms with Crippen LogP contribution in [0.1, 0.15) is 5.56 Å². The normalized spacial score (nSPS) is 10.9. The van der Waals surface area contributed by atoms with E-state index in [-0.39, 0.29) is 0 Å². The first-order chi connectivity index (χ1) is 8.24. The quantitative estimate of drug-likeness (QED) is 0.690. The predicted octanol–water partition coefficient (Wildman–Crippen LogP) is 2.31. The number of para-hydroxylation sites is 1. The first-order valence-electron chi connectivity index (χ1n) is 5.42. The van der Waals surface area contributed by atoms with Gasteiger partial charge in [0, 0.05) is 17.6 Å². The third-order valence-electron chi connectivity index (χ3n) is 2.71. The van der Waals surface area contributed by atoms with E-state index in [0.29, 0.717) is 5.82 Å². The molecule has 0 saturated carbocycles. The summed E-state index contributed by atoms with van der Waals surface area (Å²) in [5.74, 6) is 1.32. The Morgan fingerprint density at radius 3 is 2.76 bits per heavy atom. The number of nitrogen functional groups attached to an aromatic ring is 1. The molecule has 84 valence electrons. The van der Waals surface area contributed by atoms with E-state index in [2.05, 4.69) is 22.2 Å². The molecule has 0 bridgehead atoms. The van der Waals surface area contributed by atoms with Gasteiger partial charge in [-0.3, -0.25) is 0 Å². The number of rotatable bonds is 1. The van der Waals surface area contributed by atoms with Gasteiger partial charge in [-0.1, -0.05) is 18.2 Å². The van der Waals surface area contributed by atoms with Crippen LogP contribution in [0.3, 0.4) is 0 Å². The molecular weight excluding hydrogens is 212 g/mol. The second-order valence-electron chi connectivity index (χ2n) is 4.01. The predicted molar refractivity (Wildman–Crippen MR) is 68.0 cm³/mol. The number of aryl methyl sites for hydroxylation is 1. The molecule has 4 heteroatoms. The highest BCUT2D eigenvalue weighted by atomic mass is 15.3. The Hall–Kier alpha value is -2.36. The molecule has 0 unspecified atom stereocenters. The lowest BCUT2D eigenvalue weighted by atomic mass is 10.1. The number of nitrogens with two attached hydrogens (primary N) is 1. The van der Waals surface area contributed by atoms with Crippen LogP contribution in [0.4, 0.5) is 5.82 Å². The van der Waals surface area contributed by atoms with E-state index in [4.69, 9.17) is 5.73 Å². The number of anilines is 1. The number of hydrogen-bond donors (Lipinski definition) is 1. The van der Waals surface area contributed by atoms with Crippen LogP contribution in [0.25, 0.3) is 16.7 Å². The number of pyridine rings is 1. The van der Waals surface area contributed by atoms with Crippen LogP contribution < -0.4 is 5.73 Å². The zero-order chi connectivity index (χ0) is 11.8. The summed E-state index contributed by atoms with van der Waals surface area (Å²) in [5, 5.41) is 5.31. The first-order valence-corrected chi connectivity index (χ1v) is 5.42. The zero-order valence-corrected chi connectivity index (χ0v) is 9.46. The summed E-state index contributed by atoms with van der Waals surface area (Å²) >= 11 is 0. The second-order valence-corrected chi connectivity index (χ2v) is 4.01. The molecular formula is C13H12N4. The average molecular weight is 224 g/mol. The van der Waals surface area contributed by atoms with Crippen molar-refractivity contribution in [2.75, 3.05) is 5.73 Å². The molecule has 17 heavy (non-hydrogen) atoms. The summed E-state index contributed by atoms with van der Waals surface area (Å²) in [6, 6.07) is 11.9. The third-order valence-corrected chi connectivity index (χ3v) is 2.71. The zero-order valence-electron chi connectivity index (χ0n) is 9.46. The van der Waals surface area contributed by atoms with Crippen LogP contribution in [-0.2, 0) is 0 Å². The van der Waals surface area contributed by atoms with Crippen LogP contribution in [0.5, 0.6) is 0 Å². The van der Waals surface area contributed by atoms with Crippen molar-refractivity contribution in [3.05, 3.63) is 48.2 Å². The minimum Gasteiger partial charge on any atom is -0.382 e. The van der Waals surface area contributed by atoms with Gasteiger partial charge in [0.1, 0.15) is 5.82 Å². The topological polar surface area (TPSA) is 56.7 Å². The molecule has 0 amide bonds. The summed E-state index contributed by atoms with van der Waals surface area (Å²) in [6.07, 6.45) is 1.82. The Morgan fingerprint density at radius 1 is 1.18 bits per heavy atom. The number of hydrogen-bond acceptors (Lipinski definition) is 3. The number of benzene rings is 1. The van der Waals surface area contributed by atoms with Gasteiger partial charge in [0.05, 0.1) is 5.52 Å². The Labute approximate surface area is 98.7 Å². The van der Waals surface area contributed by atoms with Gasteiger partial charge in [-0.15, -0.1) is 5.10 Å². The highest BCUT2D eigenvalue weighted by Gasteiger charge is 2.06. The molecule has 4 nitrogen and oxygen atoms in total. The van der Waals surface area contributed by atoms with Gasteiger partial charge in [0.25, 0.3) is 0 Å². The molecule has 1 aromatic carbocycles. The summed E-state index contributed by atoms with van der Waals surface area (Å²) in [5.41, 5.74) is 7.66. The molecule has 0 atom stereocenters. The summed E-state index contributed by atoms with van der Waals surface area (Å²) in [7, 11) is 0. The van der Waals surface area contributed by atoms with Crippen molar-refractivity contribution < 1.29 is 0 Å². The van der Waals surface area contributed by atoms with Gasteiger partial charge >= 0.3 is 0 Å². The number of aromatic nitrogens is 3. The molecule has 0 saturated heterocycles. The van der Waals surface area contributed by atoms with Crippen molar-refractivity contribution in [3.63, 3.8) is 0 Å². The Bertz CT molecular complexity index is 685. The van der Waals surface area contributed by atoms with E-state index < -0.39 is 0 Å². The minimum absolute atomic E-state index is 0.499. The monoisotopic (exact) mass is 224 g/mol. The van der Waals surface area contributed by atoms with Crippen molar-refractivity contribution >= 4 is 16.7 Å². The van der Waals surface area contributed by atoms with E-state index in [1.54, 1.807) is 10.7 Å². The Kier molecular flexibility index (Phi) is 2.08. The standard InChI is InChI=1S/C13H12N4/c1-9-8-10-4-2-3-5-11(10)15-13(9)17-7-6-12(14)16-17/h2-8H,1H3,(H2,14,16). The van der Waals surface area contributed by atoms with Gasteiger partial charge in [0.15, 0.2) is 5.82 Å². The lowest BCUT2D eigenvalue weighted by Crippen LogP contribution is -2.02. The van der Waals surface area contributed by atoms with E-state index >= 15 is 0 Å². The average Bonchev–Trinajstić information content (AvgIpc) is 2.75. The van der Waals surface area contributed by atoms with E-state index in [1.807, 2.05) is 31.3 Å². The van der Waals surface area contributed by atoms with Gasteiger partial charge in [-0.25, -0.2) is 9.67 Å². The van der Waals surface area contributed by atoms with Crippen LogP contribution in [-0.4, -0.2) is 14.8 Å².